The summed E-state index contributed by atoms with van der Waals surface area (Å²) in [5, 5.41) is 0. The third-order valence-corrected chi connectivity index (χ3v) is 3.43. The monoisotopic (exact) mass is 289 g/mol. The first-order valence-electron chi connectivity index (χ1n) is 5.84. The molecule has 0 radical (unpaired) electrons. The van der Waals surface area contributed by atoms with Gasteiger partial charge < -0.3 is 5.73 Å². The molecule has 2 heteroatoms. The van der Waals surface area contributed by atoms with Gasteiger partial charge in [0.05, 0.1) is 0 Å². The molecule has 1 atom stereocenters. The number of rotatable bonds is 5. The van der Waals surface area contributed by atoms with Gasteiger partial charge in [-0.2, -0.15) is 6.54 Å². The molecule has 0 saturated heterocycles. The minimum absolute atomic E-state index is 0. The van der Waals surface area contributed by atoms with Crippen LogP contribution in [0.4, 0.5) is 0 Å². The Morgan fingerprint density at radius 1 is 1.19 bits per heavy atom. The molecule has 1 aromatic carbocycles. The summed E-state index contributed by atoms with van der Waals surface area (Å²) in [5.74, 6) is 0. The van der Waals surface area contributed by atoms with Crippen LogP contribution in [-0.2, 0) is 5.41 Å². The Labute approximate surface area is 149 Å². The molecular weight excluding hydrogens is 268 g/mol. The molecule has 0 saturated carbocycles. The SMILES string of the molecule is CCC(C)(CCC[NH-])c1ccc(C)cc1.[Rb+]. The molecule has 0 aromatic heterocycles. The van der Waals surface area contributed by atoms with Crippen LogP contribution in [0.25, 0.3) is 5.73 Å². The van der Waals surface area contributed by atoms with Crippen molar-refractivity contribution in [2.24, 2.45) is 0 Å². The van der Waals surface area contributed by atoms with E-state index in [-0.39, 0.29) is 63.6 Å². The van der Waals surface area contributed by atoms with E-state index in [1.54, 1.807) is 0 Å². The van der Waals surface area contributed by atoms with Gasteiger partial charge in [0.15, 0.2) is 0 Å². The molecule has 1 N–H and O–H groups in total. The van der Waals surface area contributed by atoms with Crippen LogP contribution in [0.1, 0.15) is 44.2 Å². The molecule has 1 rings (SSSR count). The number of benzene rings is 1. The number of hydrogen-bond acceptors (Lipinski definition) is 0. The standard InChI is InChI=1S/C14H22N.Rb/c1-4-14(3,10-5-11-15)13-8-6-12(2)7-9-13;/h6-9,15H,4-5,10-11H2,1-3H3;/q-1;+1. The Kier molecular flexibility index (Phi) is 8.65. The second kappa shape index (κ2) is 8.15. The van der Waals surface area contributed by atoms with Crippen molar-refractivity contribution in [3.63, 3.8) is 0 Å². The first-order chi connectivity index (χ1) is 7.12. The van der Waals surface area contributed by atoms with E-state index < -0.39 is 0 Å². The van der Waals surface area contributed by atoms with E-state index in [2.05, 4.69) is 45.0 Å². The van der Waals surface area contributed by atoms with Crippen molar-refractivity contribution in [2.45, 2.75) is 45.4 Å². The van der Waals surface area contributed by atoms with Crippen LogP contribution in [-0.4, -0.2) is 6.54 Å². The Morgan fingerprint density at radius 3 is 2.19 bits per heavy atom. The van der Waals surface area contributed by atoms with Crippen molar-refractivity contribution >= 4 is 0 Å². The van der Waals surface area contributed by atoms with Crippen LogP contribution in [0.3, 0.4) is 0 Å². The van der Waals surface area contributed by atoms with Crippen LogP contribution in [0, 0.1) is 6.92 Å². The number of hydrogen-bond donors (Lipinski definition) is 0. The molecule has 1 nitrogen and oxygen atoms in total. The third-order valence-electron chi connectivity index (χ3n) is 3.43. The Hall–Kier alpha value is 0.985. The van der Waals surface area contributed by atoms with E-state index in [1.807, 2.05) is 0 Å². The average molecular weight is 290 g/mol. The van der Waals surface area contributed by atoms with Crippen LogP contribution in [0.2, 0.25) is 0 Å². The maximum atomic E-state index is 7.25. The average Bonchev–Trinajstić information content (AvgIpc) is 2.27. The summed E-state index contributed by atoms with van der Waals surface area (Å²) in [7, 11) is 0. The summed E-state index contributed by atoms with van der Waals surface area (Å²) in [6.07, 6.45) is 3.27. The minimum Gasteiger partial charge on any atom is -0.677 e. The van der Waals surface area contributed by atoms with E-state index in [4.69, 9.17) is 5.73 Å². The second-order valence-corrected chi connectivity index (χ2v) is 4.63. The van der Waals surface area contributed by atoms with Gasteiger partial charge in [-0.3, -0.25) is 0 Å². The molecule has 0 aliphatic carbocycles. The fourth-order valence-electron chi connectivity index (χ4n) is 1.96. The van der Waals surface area contributed by atoms with Gasteiger partial charge in [-0.25, -0.2) is 0 Å². The van der Waals surface area contributed by atoms with E-state index >= 15 is 0 Å². The molecule has 84 valence electrons. The van der Waals surface area contributed by atoms with Crippen molar-refractivity contribution < 1.29 is 58.2 Å². The van der Waals surface area contributed by atoms with Gasteiger partial charge in [-0.1, -0.05) is 50.1 Å². The zero-order valence-corrected chi connectivity index (χ0v) is 16.1. The maximum absolute atomic E-state index is 7.25. The minimum atomic E-state index is 0. The summed E-state index contributed by atoms with van der Waals surface area (Å²) in [5.41, 5.74) is 10.3. The van der Waals surface area contributed by atoms with Crippen molar-refractivity contribution in [2.75, 3.05) is 6.54 Å². The van der Waals surface area contributed by atoms with Crippen LogP contribution < -0.4 is 58.2 Å². The van der Waals surface area contributed by atoms with Gasteiger partial charge in [0.1, 0.15) is 0 Å². The fourth-order valence-corrected chi connectivity index (χ4v) is 1.96. The Morgan fingerprint density at radius 2 is 1.75 bits per heavy atom. The van der Waals surface area contributed by atoms with Gasteiger partial charge in [0.2, 0.25) is 0 Å². The maximum Gasteiger partial charge on any atom is 1.00 e. The molecule has 0 fully saturated rings. The molecule has 1 unspecified atom stereocenters. The van der Waals surface area contributed by atoms with Gasteiger partial charge in [0.25, 0.3) is 0 Å². The molecule has 0 bridgehead atoms. The molecular formula is C14H22NRb. The molecule has 0 amide bonds. The Bertz CT molecular complexity index is 294. The van der Waals surface area contributed by atoms with Crippen molar-refractivity contribution in [3.8, 4) is 0 Å². The molecule has 0 aliphatic rings. The van der Waals surface area contributed by atoms with Crippen molar-refractivity contribution in [1.82, 2.24) is 0 Å². The number of nitrogens with one attached hydrogen (secondary N) is 1. The van der Waals surface area contributed by atoms with Gasteiger partial charge in [-0.15, -0.1) is 0 Å². The summed E-state index contributed by atoms with van der Waals surface area (Å²) >= 11 is 0. The van der Waals surface area contributed by atoms with E-state index in [1.165, 1.54) is 11.1 Å². The zero-order valence-electron chi connectivity index (χ0n) is 11.1. The molecule has 0 spiro atoms. The van der Waals surface area contributed by atoms with Crippen LogP contribution >= 0.6 is 0 Å². The largest absolute Gasteiger partial charge is 1.00 e. The van der Waals surface area contributed by atoms with E-state index in [0.29, 0.717) is 6.54 Å². The predicted molar refractivity (Wildman–Crippen MR) is 67.2 cm³/mol. The quantitative estimate of drug-likeness (QED) is 0.785. The summed E-state index contributed by atoms with van der Waals surface area (Å²) in [4.78, 5) is 0. The molecule has 16 heavy (non-hydrogen) atoms. The summed E-state index contributed by atoms with van der Waals surface area (Å²) in [6.45, 7) is 7.22. The van der Waals surface area contributed by atoms with Crippen molar-refractivity contribution in [1.29, 1.82) is 0 Å². The first-order valence-corrected chi connectivity index (χ1v) is 5.84. The van der Waals surface area contributed by atoms with E-state index in [9.17, 15) is 0 Å². The normalized spacial score (nSPS) is 14.0. The fraction of sp³-hybridized carbons (Fsp3) is 0.571. The first kappa shape index (κ1) is 17.0. The third kappa shape index (κ3) is 4.69. The van der Waals surface area contributed by atoms with Crippen molar-refractivity contribution in [3.05, 3.63) is 41.1 Å². The van der Waals surface area contributed by atoms with E-state index in [0.717, 1.165) is 19.3 Å². The summed E-state index contributed by atoms with van der Waals surface area (Å²) in [6, 6.07) is 8.85. The zero-order chi connectivity index (χ0) is 11.3. The number of aryl methyl sites for hydroxylation is 1. The summed E-state index contributed by atoms with van der Waals surface area (Å²) < 4.78 is 0. The predicted octanol–water partition coefficient (Wildman–Crippen LogP) is 1.50. The topological polar surface area (TPSA) is 23.8 Å². The van der Waals surface area contributed by atoms with Crippen LogP contribution in [0.5, 0.6) is 0 Å². The molecule has 0 aliphatic heterocycles. The van der Waals surface area contributed by atoms with Crippen LogP contribution in [0.15, 0.2) is 24.3 Å². The second-order valence-electron chi connectivity index (χ2n) is 4.63. The van der Waals surface area contributed by atoms with Gasteiger partial charge in [-0.05, 0) is 30.7 Å². The Balaban J connectivity index is 0.00000225. The molecule has 0 heterocycles. The van der Waals surface area contributed by atoms with Gasteiger partial charge >= 0.3 is 58.2 Å². The smallest absolute Gasteiger partial charge is 0.677 e. The molecule has 1 aromatic rings. The van der Waals surface area contributed by atoms with Gasteiger partial charge in [0, 0.05) is 0 Å².